The summed E-state index contributed by atoms with van der Waals surface area (Å²) in [5, 5.41) is 9.11. The minimum absolute atomic E-state index is 0.0391. The maximum atomic E-state index is 12.7. The molecule has 1 N–H and O–H groups in total. The van der Waals surface area contributed by atoms with Gasteiger partial charge in [-0.15, -0.1) is 0 Å². The van der Waals surface area contributed by atoms with Crippen molar-refractivity contribution in [3.8, 4) is 0 Å². The zero-order chi connectivity index (χ0) is 15.6. The van der Waals surface area contributed by atoms with Crippen molar-refractivity contribution in [3.63, 3.8) is 0 Å². The monoisotopic (exact) mass is 375 g/mol. The second-order valence-corrected chi connectivity index (χ2v) is 8.05. The van der Waals surface area contributed by atoms with Gasteiger partial charge in [-0.2, -0.15) is 4.31 Å². The maximum absolute atomic E-state index is 12.7. The van der Waals surface area contributed by atoms with Gasteiger partial charge >= 0.3 is 5.97 Å². The molecular formula is C14H18BrNO4S. The van der Waals surface area contributed by atoms with Crippen LogP contribution in [0.1, 0.15) is 36.5 Å². The summed E-state index contributed by atoms with van der Waals surface area (Å²) in [5.74, 6) is -0.705. The Morgan fingerprint density at radius 2 is 2.10 bits per heavy atom. The number of aromatic carboxylic acids is 1. The lowest BCUT2D eigenvalue weighted by atomic mass is 10.2. The number of carboxylic acid groups (broad SMARTS) is 1. The van der Waals surface area contributed by atoms with E-state index in [4.69, 9.17) is 5.11 Å². The molecule has 0 spiro atoms. The third-order valence-corrected chi connectivity index (χ3v) is 5.99. The summed E-state index contributed by atoms with van der Waals surface area (Å²) < 4.78 is 27.2. The second kappa shape index (κ2) is 6.46. The van der Waals surface area contributed by atoms with Crippen LogP contribution in [0.15, 0.2) is 27.6 Å². The minimum atomic E-state index is -3.64. The van der Waals surface area contributed by atoms with Crippen molar-refractivity contribution < 1.29 is 18.3 Å². The molecule has 0 heterocycles. The number of sulfonamides is 1. The molecule has 0 bridgehead atoms. The number of hydrogen-bond donors (Lipinski definition) is 1. The molecule has 1 saturated carbocycles. The number of benzene rings is 1. The van der Waals surface area contributed by atoms with Crippen molar-refractivity contribution in [3.05, 3.63) is 28.2 Å². The Labute approximate surface area is 133 Å². The average Bonchev–Trinajstić information content (AvgIpc) is 3.22. The quantitative estimate of drug-likeness (QED) is 0.794. The van der Waals surface area contributed by atoms with E-state index in [0.29, 0.717) is 23.5 Å². The molecule has 2 rings (SSSR count). The van der Waals surface area contributed by atoms with Gasteiger partial charge in [0, 0.05) is 17.6 Å². The molecule has 1 aromatic rings. The molecule has 1 fully saturated rings. The molecule has 1 aromatic carbocycles. The largest absolute Gasteiger partial charge is 0.478 e. The smallest absolute Gasteiger partial charge is 0.336 e. The lowest BCUT2D eigenvalue weighted by Gasteiger charge is -2.21. The molecule has 0 unspecified atom stereocenters. The zero-order valence-electron chi connectivity index (χ0n) is 11.8. The fourth-order valence-corrected chi connectivity index (χ4v) is 4.18. The summed E-state index contributed by atoms with van der Waals surface area (Å²) in [4.78, 5) is 11.2. The lowest BCUT2D eigenvalue weighted by Crippen LogP contribution is -2.33. The Hall–Kier alpha value is -0.920. The number of hydrogen-bond acceptors (Lipinski definition) is 3. The molecule has 116 valence electrons. The van der Waals surface area contributed by atoms with Gasteiger partial charge in [0.05, 0.1) is 10.5 Å². The van der Waals surface area contributed by atoms with Crippen LogP contribution < -0.4 is 0 Å². The van der Waals surface area contributed by atoms with Crippen LogP contribution in [0.25, 0.3) is 0 Å². The third kappa shape index (κ3) is 3.84. The predicted molar refractivity (Wildman–Crippen MR) is 82.9 cm³/mol. The Kier molecular flexibility index (Phi) is 5.06. The van der Waals surface area contributed by atoms with Gasteiger partial charge < -0.3 is 5.11 Å². The van der Waals surface area contributed by atoms with E-state index in [2.05, 4.69) is 15.9 Å². The van der Waals surface area contributed by atoms with E-state index in [9.17, 15) is 13.2 Å². The molecule has 21 heavy (non-hydrogen) atoms. The number of rotatable bonds is 7. The Morgan fingerprint density at radius 3 is 2.62 bits per heavy atom. The average molecular weight is 376 g/mol. The SMILES string of the molecule is CCCN(CC1CC1)S(=O)(=O)c1ccc(Br)c(C(=O)O)c1. The number of carboxylic acids is 1. The van der Waals surface area contributed by atoms with Crippen molar-refractivity contribution >= 4 is 31.9 Å². The highest BCUT2D eigenvalue weighted by Gasteiger charge is 2.31. The summed E-state index contributed by atoms with van der Waals surface area (Å²) in [6, 6.07) is 4.14. The van der Waals surface area contributed by atoms with Gasteiger partial charge in [-0.25, -0.2) is 13.2 Å². The summed E-state index contributed by atoms with van der Waals surface area (Å²) in [7, 11) is -3.64. The zero-order valence-corrected chi connectivity index (χ0v) is 14.2. The van der Waals surface area contributed by atoms with Crippen molar-refractivity contribution in [2.45, 2.75) is 31.1 Å². The van der Waals surface area contributed by atoms with Crippen molar-refractivity contribution in [1.29, 1.82) is 0 Å². The van der Waals surface area contributed by atoms with Gasteiger partial charge in [0.1, 0.15) is 0 Å². The summed E-state index contributed by atoms with van der Waals surface area (Å²) in [6.07, 6.45) is 2.86. The van der Waals surface area contributed by atoms with Crippen LogP contribution in [0.2, 0.25) is 0 Å². The molecule has 0 radical (unpaired) electrons. The van der Waals surface area contributed by atoms with E-state index < -0.39 is 16.0 Å². The van der Waals surface area contributed by atoms with E-state index in [0.717, 1.165) is 19.3 Å². The van der Waals surface area contributed by atoms with Crippen molar-refractivity contribution in [1.82, 2.24) is 4.31 Å². The van der Waals surface area contributed by atoms with Crippen molar-refractivity contribution in [2.24, 2.45) is 5.92 Å². The second-order valence-electron chi connectivity index (χ2n) is 5.25. The van der Waals surface area contributed by atoms with Crippen molar-refractivity contribution in [2.75, 3.05) is 13.1 Å². The fourth-order valence-electron chi connectivity index (χ4n) is 2.13. The Balaban J connectivity index is 2.36. The van der Waals surface area contributed by atoms with E-state index in [-0.39, 0.29) is 10.5 Å². The summed E-state index contributed by atoms with van der Waals surface area (Å²) in [5.41, 5.74) is -0.0426. The molecule has 5 nitrogen and oxygen atoms in total. The van der Waals surface area contributed by atoms with Crippen LogP contribution in [0.3, 0.4) is 0 Å². The van der Waals surface area contributed by atoms with E-state index in [1.54, 1.807) is 0 Å². The molecule has 0 saturated heterocycles. The first-order valence-corrected chi connectivity index (χ1v) is 9.12. The normalized spacial score (nSPS) is 15.4. The lowest BCUT2D eigenvalue weighted by molar-refractivity contribution is 0.0695. The van der Waals surface area contributed by atoms with Crippen LogP contribution in [0.4, 0.5) is 0 Å². The fraction of sp³-hybridized carbons (Fsp3) is 0.500. The molecular weight excluding hydrogens is 358 g/mol. The van der Waals surface area contributed by atoms with Crippen LogP contribution in [0, 0.1) is 5.92 Å². The van der Waals surface area contributed by atoms with Crippen LogP contribution in [0.5, 0.6) is 0 Å². The first kappa shape index (κ1) is 16.5. The van der Waals surface area contributed by atoms with Gasteiger partial charge in [-0.1, -0.05) is 6.92 Å². The molecule has 0 amide bonds. The molecule has 1 aliphatic carbocycles. The van der Waals surface area contributed by atoms with Gasteiger partial charge in [-0.05, 0) is 59.3 Å². The standard InChI is InChI=1S/C14H18BrNO4S/c1-2-7-16(9-10-3-4-10)21(19,20)11-5-6-13(15)12(8-11)14(17)18/h5-6,8,10H,2-4,7,9H2,1H3,(H,17,18). The van der Waals surface area contributed by atoms with Gasteiger partial charge in [0.15, 0.2) is 0 Å². The third-order valence-electron chi connectivity index (χ3n) is 3.44. The van der Waals surface area contributed by atoms with Gasteiger partial charge in [-0.3, -0.25) is 0 Å². The van der Waals surface area contributed by atoms with Crippen LogP contribution >= 0.6 is 15.9 Å². The minimum Gasteiger partial charge on any atom is -0.478 e. The topological polar surface area (TPSA) is 74.7 Å². The van der Waals surface area contributed by atoms with Gasteiger partial charge in [0.25, 0.3) is 0 Å². The number of halogens is 1. The first-order chi connectivity index (χ1) is 9.86. The first-order valence-electron chi connectivity index (χ1n) is 6.89. The molecule has 0 aliphatic heterocycles. The molecule has 0 aromatic heterocycles. The Morgan fingerprint density at radius 1 is 1.43 bits per heavy atom. The molecule has 1 aliphatic rings. The highest BCUT2D eigenvalue weighted by atomic mass is 79.9. The predicted octanol–water partition coefficient (Wildman–Crippen LogP) is 2.96. The number of nitrogens with zero attached hydrogens (tertiary/aromatic N) is 1. The van der Waals surface area contributed by atoms with E-state index in [1.807, 2.05) is 6.92 Å². The summed E-state index contributed by atoms with van der Waals surface area (Å²) in [6.45, 7) is 2.91. The van der Waals surface area contributed by atoms with Crippen LogP contribution in [-0.2, 0) is 10.0 Å². The Bertz CT molecular complexity index is 640. The maximum Gasteiger partial charge on any atom is 0.336 e. The van der Waals surface area contributed by atoms with Crippen LogP contribution in [-0.4, -0.2) is 36.9 Å². The highest BCUT2D eigenvalue weighted by molar-refractivity contribution is 9.10. The molecule has 7 heteroatoms. The molecule has 0 atom stereocenters. The summed E-state index contributed by atoms with van der Waals surface area (Å²) >= 11 is 3.13. The van der Waals surface area contributed by atoms with E-state index >= 15 is 0 Å². The number of carbonyl (C=O) groups is 1. The highest BCUT2D eigenvalue weighted by Crippen LogP contribution is 2.32. The van der Waals surface area contributed by atoms with Gasteiger partial charge in [0.2, 0.25) is 10.0 Å². The van der Waals surface area contributed by atoms with E-state index in [1.165, 1.54) is 22.5 Å².